The predicted octanol–water partition coefficient (Wildman–Crippen LogP) is 0.666. The first-order valence-electron chi connectivity index (χ1n) is 6.47. The van der Waals surface area contributed by atoms with E-state index >= 15 is 0 Å². The van der Waals surface area contributed by atoms with Crippen molar-refractivity contribution in [3.8, 4) is 0 Å². The predicted molar refractivity (Wildman–Crippen MR) is 69.3 cm³/mol. The van der Waals surface area contributed by atoms with Crippen LogP contribution in [0.4, 0.5) is 0 Å². The third-order valence-corrected chi connectivity index (χ3v) is 3.57. The van der Waals surface area contributed by atoms with Crippen LogP contribution in [0.3, 0.4) is 0 Å². The number of nitrogens with zero attached hydrogens (tertiary/aromatic N) is 4. The summed E-state index contributed by atoms with van der Waals surface area (Å²) in [6.45, 7) is 0.825. The van der Waals surface area contributed by atoms with Crippen LogP contribution in [0.1, 0.15) is 23.2 Å². The molecule has 20 heavy (non-hydrogen) atoms. The molecule has 0 aliphatic carbocycles. The SMILES string of the molecule is O=C(O)[C@H]1CCCN(C(=O)c2cnn3cccnc23)C1. The first-order valence-corrected chi connectivity index (χ1v) is 6.47. The van der Waals surface area contributed by atoms with Gasteiger partial charge in [-0.15, -0.1) is 0 Å². The summed E-state index contributed by atoms with van der Waals surface area (Å²) in [6.07, 6.45) is 6.12. The van der Waals surface area contributed by atoms with Crippen LogP contribution >= 0.6 is 0 Å². The van der Waals surface area contributed by atoms with Gasteiger partial charge in [0, 0.05) is 25.5 Å². The van der Waals surface area contributed by atoms with Crippen LogP contribution in [-0.2, 0) is 4.79 Å². The number of amides is 1. The van der Waals surface area contributed by atoms with Crippen molar-refractivity contribution in [3.05, 3.63) is 30.2 Å². The number of carbonyl (C=O) groups excluding carboxylic acids is 1. The van der Waals surface area contributed by atoms with Crippen molar-refractivity contribution in [3.63, 3.8) is 0 Å². The molecule has 0 spiro atoms. The second-order valence-electron chi connectivity index (χ2n) is 4.87. The fraction of sp³-hybridized carbons (Fsp3) is 0.385. The van der Waals surface area contributed by atoms with Crippen molar-refractivity contribution in [1.82, 2.24) is 19.5 Å². The number of piperidine rings is 1. The molecule has 7 heteroatoms. The zero-order chi connectivity index (χ0) is 14.1. The van der Waals surface area contributed by atoms with E-state index in [9.17, 15) is 9.59 Å². The molecular weight excluding hydrogens is 260 g/mol. The summed E-state index contributed by atoms with van der Waals surface area (Å²) in [5.74, 6) is -1.53. The third kappa shape index (κ3) is 2.11. The van der Waals surface area contributed by atoms with Gasteiger partial charge in [0.1, 0.15) is 5.56 Å². The van der Waals surface area contributed by atoms with Crippen LogP contribution in [0.5, 0.6) is 0 Å². The van der Waals surface area contributed by atoms with Crippen molar-refractivity contribution in [2.45, 2.75) is 12.8 Å². The fourth-order valence-corrected chi connectivity index (χ4v) is 2.51. The molecule has 7 nitrogen and oxygen atoms in total. The van der Waals surface area contributed by atoms with E-state index in [0.717, 1.165) is 0 Å². The van der Waals surface area contributed by atoms with E-state index in [-0.39, 0.29) is 12.5 Å². The number of carboxylic acid groups (broad SMARTS) is 1. The largest absolute Gasteiger partial charge is 0.481 e. The van der Waals surface area contributed by atoms with Crippen LogP contribution in [0.2, 0.25) is 0 Å². The highest BCUT2D eigenvalue weighted by Crippen LogP contribution is 2.20. The summed E-state index contributed by atoms with van der Waals surface area (Å²) in [7, 11) is 0. The summed E-state index contributed by atoms with van der Waals surface area (Å²) in [5.41, 5.74) is 0.909. The van der Waals surface area contributed by atoms with Gasteiger partial charge in [-0.05, 0) is 18.9 Å². The maximum Gasteiger partial charge on any atom is 0.308 e. The molecule has 3 rings (SSSR count). The molecule has 0 radical (unpaired) electrons. The van der Waals surface area contributed by atoms with E-state index in [2.05, 4.69) is 10.1 Å². The van der Waals surface area contributed by atoms with E-state index < -0.39 is 11.9 Å². The third-order valence-electron chi connectivity index (χ3n) is 3.57. The highest BCUT2D eigenvalue weighted by Gasteiger charge is 2.30. The number of carbonyl (C=O) groups is 2. The van der Waals surface area contributed by atoms with Crippen LogP contribution in [-0.4, -0.2) is 49.6 Å². The van der Waals surface area contributed by atoms with Gasteiger partial charge in [-0.1, -0.05) is 0 Å². The molecule has 1 amide bonds. The molecule has 0 unspecified atom stereocenters. The number of hydrogen-bond acceptors (Lipinski definition) is 4. The number of fused-ring (bicyclic) bond motifs is 1. The molecule has 3 heterocycles. The summed E-state index contributed by atoms with van der Waals surface area (Å²) >= 11 is 0. The second kappa shape index (κ2) is 4.92. The Balaban J connectivity index is 1.87. The van der Waals surface area contributed by atoms with Crippen molar-refractivity contribution in [2.24, 2.45) is 5.92 Å². The lowest BCUT2D eigenvalue weighted by atomic mass is 9.98. The summed E-state index contributed by atoms with van der Waals surface area (Å²) in [4.78, 5) is 29.3. The molecule has 0 bridgehead atoms. The molecule has 1 fully saturated rings. The zero-order valence-electron chi connectivity index (χ0n) is 10.8. The van der Waals surface area contributed by atoms with E-state index in [0.29, 0.717) is 30.6 Å². The minimum atomic E-state index is -0.847. The molecule has 0 aromatic carbocycles. The Bertz CT molecular complexity index is 666. The number of aromatic nitrogens is 3. The molecule has 1 N–H and O–H groups in total. The molecule has 0 saturated carbocycles. The van der Waals surface area contributed by atoms with E-state index in [1.807, 2.05) is 0 Å². The minimum Gasteiger partial charge on any atom is -0.481 e. The Morgan fingerprint density at radius 2 is 2.25 bits per heavy atom. The van der Waals surface area contributed by atoms with Gasteiger partial charge >= 0.3 is 5.97 Å². The Morgan fingerprint density at radius 3 is 3.05 bits per heavy atom. The Hall–Kier alpha value is -2.44. The number of hydrogen-bond donors (Lipinski definition) is 1. The molecule has 1 aliphatic rings. The lowest BCUT2D eigenvalue weighted by Crippen LogP contribution is -2.42. The number of aliphatic carboxylic acids is 1. The summed E-state index contributed by atoms with van der Waals surface area (Å²) < 4.78 is 1.53. The molecule has 2 aromatic heterocycles. The topological polar surface area (TPSA) is 87.8 Å². The molecule has 1 aliphatic heterocycles. The number of carboxylic acids is 1. The van der Waals surface area contributed by atoms with Gasteiger partial charge in [-0.3, -0.25) is 9.59 Å². The Kier molecular flexibility index (Phi) is 3.09. The van der Waals surface area contributed by atoms with Crippen LogP contribution in [0.25, 0.3) is 5.65 Å². The molecule has 2 aromatic rings. The molecule has 104 valence electrons. The summed E-state index contributed by atoms with van der Waals surface area (Å²) in [5, 5.41) is 13.2. The fourth-order valence-electron chi connectivity index (χ4n) is 2.51. The van der Waals surface area contributed by atoms with Crippen molar-refractivity contribution < 1.29 is 14.7 Å². The zero-order valence-corrected chi connectivity index (χ0v) is 10.8. The van der Waals surface area contributed by atoms with Crippen molar-refractivity contribution in [1.29, 1.82) is 0 Å². The number of likely N-dealkylation sites (tertiary alicyclic amines) is 1. The highest BCUT2D eigenvalue weighted by molar-refractivity contribution is 5.99. The number of rotatable bonds is 2. The van der Waals surface area contributed by atoms with E-state index in [1.165, 1.54) is 10.7 Å². The van der Waals surface area contributed by atoms with Crippen LogP contribution < -0.4 is 0 Å². The van der Waals surface area contributed by atoms with E-state index in [4.69, 9.17) is 5.11 Å². The standard InChI is InChI=1S/C13H14N4O3/c18-12(16-5-1-3-9(8-16)13(19)20)10-7-15-17-6-2-4-14-11(10)17/h2,4,6-7,9H,1,3,5,8H2,(H,19,20)/t9-/m0/s1. The maximum absolute atomic E-state index is 12.5. The lowest BCUT2D eigenvalue weighted by molar-refractivity contribution is -0.143. The van der Waals surface area contributed by atoms with Gasteiger partial charge in [-0.25, -0.2) is 9.50 Å². The maximum atomic E-state index is 12.5. The van der Waals surface area contributed by atoms with Gasteiger partial charge < -0.3 is 10.0 Å². The average molecular weight is 274 g/mol. The second-order valence-corrected chi connectivity index (χ2v) is 4.87. The summed E-state index contributed by atoms with van der Waals surface area (Å²) in [6, 6.07) is 1.73. The van der Waals surface area contributed by atoms with Gasteiger partial charge in [0.25, 0.3) is 5.91 Å². The highest BCUT2D eigenvalue weighted by atomic mass is 16.4. The lowest BCUT2D eigenvalue weighted by Gasteiger charge is -2.30. The van der Waals surface area contributed by atoms with Crippen LogP contribution in [0, 0.1) is 5.92 Å². The van der Waals surface area contributed by atoms with E-state index in [1.54, 1.807) is 23.4 Å². The Morgan fingerprint density at radius 1 is 1.40 bits per heavy atom. The van der Waals surface area contributed by atoms with Crippen molar-refractivity contribution >= 4 is 17.5 Å². The first-order chi connectivity index (χ1) is 9.66. The molecule has 1 atom stereocenters. The van der Waals surface area contributed by atoms with Gasteiger partial charge in [-0.2, -0.15) is 5.10 Å². The van der Waals surface area contributed by atoms with Gasteiger partial charge in [0.15, 0.2) is 5.65 Å². The monoisotopic (exact) mass is 274 g/mol. The average Bonchev–Trinajstić information content (AvgIpc) is 2.90. The minimum absolute atomic E-state index is 0.204. The van der Waals surface area contributed by atoms with Gasteiger partial charge in [0.05, 0.1) is 12.1 Å². The first kappa shape index (κ1) is 12.6. The Labute approximate surface area is 114 Å². The normalized spacial score (nSPS) is 19.2. The van der Waals surface area contributed by atoms with Crippen LogP contribution in [0.15, 0.2) is 24.7 Å². The smallest absolute Gasteiger partial charge is 0.308 e. The van der Waals surface area contributed by atoms with Crippen molar-refractivity contribution in [2.75, 3.05) is 13.1 Å². The molecular formula is C13H14N4O3. The quantitative estimate of drug-likeness (QED) is 0.869. The van der Waals surface area contributed by atoms with Gasteiger partial charge in [0.2, 0.25) is 0 Å². The molecule has 1 saturated heterocycles.